The third kappa shape index (κ3) is 4.91. The third-order valence-corrected chi connectivity index (χ3v) is 4.39. The van der Waals surface area contributed by atoms with E-state index in [0.29, 0.717) is 6.42 Å². The van der Waals surface area contributed by atoms with Crippen LogP contribution in [-0.4, -0.2) is 55.5 Å². The van der Waals surface area contributed by atoms with Crippen LogP contribution in [0.25, 0.3) is 0 Å². The smallest absolute Gasteiger partial charge is 0.306 e. The standard InChI is InChI=1S/C11H20N4O4S/c1-14-9-7-12-10(14)4-6-13-20(17,18)15(2)8-5-11(16)19-3/h7,9,13H,4-6,8H2,1-3H3. The molecule has 0 saturated heterocycles. The van der Waals surface area contributed by atoms with Crippen molar-refractivity contribution in [3.63, 3.8) is 0 Å². The molecule has 0 aliphatic rings. The number of hydrogen-bond acceptors (Lipinski definition) is 5. The molecule has 0 spiro atoms. The number of aromatic nitrogens is 2. The van der Waals surface area contributed by atoms with Crippen LogP contribution in [0.15, 0.2) is 12.4 Å². The number of hydrogen-bond donors (Lipinski definition) is 1. The van der Waals surface area contributed by atoms with Gasteiger partial charge < -0.3 is 9.30 Å². The van der Waals surface area contributed by atoms with E-state index in [4.69, 9.17) is 0 Å². The van der Waals surface area contributed by atoms with Crippen LogP contribution in [0.4, 0.5) is 0 Å². The number of imidazole rings is 1. The maximum absolute atomic E-state index is 11.9. The van der Waals surface area contributed by atoms with Gasteiger partial charge in [-0.15, -0.1) is 0 Å². The van der Waals surface area contributed by atoms with Gasteiger partial charge >= 0.3 is 5.97 Å². The average Bonchev–Trinajstić information content (AvgIpc) is 2.81. The summed E-state index contributed by atoms with van der Waals surface area (Å²) in [5.74, 6) is 0.352. The zero-order chi connectivity index (χ0) is 15.2. The van der Waals surface area contributed by atoms with Gasteiger partial charge in [0, 0.05) is 46.0 Å². The average molecular weight is 304 g/mol. The van der Waals surface area contributed by atoms with Crippen molar-refractivity contribution >= 4 is 16.2 Å². The Morgan fingerprint density at radius 1 is 1.55 bits per heavy atom. The molecule has 0 aliphatic carbocycles. The van der Waals surface area contributed by atoms with E-state index in [1.165, 1.54) is 14.2 Å². The number of aryl methyl sites for hydroxylation is 1. The highest BCUT2D eigenvalue weighted by Crippen LogP contribution is 1.99. The highest BCUT2D eigenvalue weighted by molar-refractivity contribution is 7.87. The van der Waals surface area contributed by atoms with E-state index in [2.05, 4.69) is 14.4 Å². The number of rotatable bonds is 8. The Morgan fingerprint density at radius 3 is 2.80 bits per heavy atom. The van der Waals surface area contributed by atoms with E-state index in [1.54, 1.807) is 12.4 Å². The van der Waals surface area contributed by atoms with Gasteiger partial charge in [-0.05, 0) is 0 Å². The number of ether oxygens (including phenoxy) is 1. The Kier molecular flexibility index (Phi) is 6.11. The number of carbonyl (C=O) groups excluding carboxylic acids is 1. The van der Waals surface area contributed by atoms with Gasteiger partial charge in [-0.1, -0.05) is 0 Å². The Hall–Kier alpha value is -1.45. The van der Waals surface area contributed by atoms with Crippen LogP contribution in [0.3, 0.4) is 0 Å². The van der Waals surface area contributed by atoms with Gasteiger partial charge in [0.2, 0.25) is 0 Å². The molecule has 1 aromatic heterocycles. The molecule has 1 rings (SSSR count). The Bertz CT molecular complexity index is 540. The summed E-state index contributed by atoms with van der Waals surface area (Å²) < 4.78 is 33.6. The fraction of sp³-hybridized carbons (Fsp3) is 0.636. The van der Waals surface area contributed by atoms with E-state index < -0.39 is 16.2 Å². The van der Waals surface area contributed by atoms with Crippen molar-refractivity contribution in [1.82, 2.24) is 18.6 Å². The van der Waals surface area contributed by atoms with E-state index in [9.17, 15) is 13.2 Å². The van der Waals surface area contributed by atoms with Gasteiger partial charge in [-0.3, -0.25) is 4.79 Å². The number of methoxy groups -OCH3 is 1. The molecule has 0 radical (unpaired) electrons. The van der Waals surface area contributed by atoms with Crippen molar-refractivity contribution in [2.24, 2.45) is 7.05 Å². The normalized spacial score (nSPS) is 11.8. The molecule has 0 unspecified atom stereocenters. The molecule has 1 aromatic rings. The van der Waals surface area contributed by atoms with Gasteiger partial charge in [0.1, 0.15) is 5.82 Å². The van der Waals surface area contributed by atoms with Crippen LogP contribution >= 0.6 is 0 Å². The van der Waals surface area contributed by atoms with Gasteiger partial charge in [0.25, 0.3) is 10.2 Å². The fourth-order valence-corrected chi connectivity index (χ4v) is 2.42. The molecule has 20 heavy (non-hydrogen) atoms. The molecule has 0 fully saturated rings. The maximum atomic E-state index is 11.9. The lowest BCUT2D eigenvalue weighted by atomic mass is 10.4. The van der Waals surface area contributed by atoms with Crippen LogP contribution in [0.5, 0.6) is 0 Å². The van der Waals surface area contributed by atoms with Crippen molar-refractivity contribution in [2.45, 2.75) is 12.8 Å². The Labute approximate surface area is 118 Å². The lowest BCUT2D eigenvalue weighted by molar-refractivity contribution is -0.140. The quantitative estimate of drug-likeness (QED) is 0.641. The molecule has 0 saturated carbocycles. The van der Waals surface area contributed by atoms with Crippen LogP contribution in [0.2, 0.25) is 0 Å². The molecule has 0 aromatic carbocycles. The first-order chi connectivity index (χ1) is 9.36. The first kappa shape index (κ1) is 16.6. The Balaban J connectivity index is 2.40. The van der Waals surface area contributed by atoms with Gasteiger partial charge in [0.05, 0.1) is 13.5 Å². The summed E-state index contributed by atoms with van der Waals surface area (Å²) in [6.45, 7) is 0.320. The molecular weight excluding hydrogens is 284 g/mol. The zero-order valence-electron chi connectivity index (χ0n) is 11.9. The summed E-state index contributed by atoms with van der Waals surface area (Å²) in [4.78, 5) is 15.1. The van der Waals surface area contributed by atoms with Gasteiger partial charge in [-0.2, -0.15) is 12.7 Å². The maximum Gasteiger partial charge on any atom is 0.306 e. The Morgan fingerprint density at radius 2 is 2.25 bits per heavy atom. The van der Waals surface area contributed by atoms with Crippen LogP contribution in [0, 0.1) is 0 Å². The lowest BCUT2D eigenvalue weighted by Crippen LogP contribution is -2.40. The van der Waals surface area contributed by atoms with Crippen molar-refractivity contribution in [1.29, 1.82) is 0 Å². The molecule has 1 N–H and O–H groups in total. The molecule has 9 heteroatoms. The minimum atomic E-state index is -3.59. The monoisotopic (exact) mass is 304 g/mol. The minimum absolute atomic E-state index is 0.0211. The van der Waals surface area contributed by atoms with Crippen LogP contribution in [-0.2, 0) is 33.2 Å². The number of nitrogens with zero attached hydrogens (tertiary/aromatic N) is 3. The van der Waals surface area contributed by atoms with E-state index >= 15 is 0 Å². The molecule has 8 nitrogen and oxygen atoms in total. The molecule has 1 heterocycles. The van der Waals surface area contributed by atoms with Crippen molar-refractivity contribution < 1.29 is 17.9 Å². The van der Waals surface area contributed by atoms with Crippen molar-refractivity contribution in [2.75, 3.05) is 27.2 Å². The summed E-state index contributed by atoms with van der Waals surface area (Å²) in [5, 5.41) is 0. The van der Waals surface area contributed by atoms with E-state index in [1.807, 2.05) is 11.6 Å². The SMILES string of the molecule is COC(=O)CCN(C)S(=O)(=O)NCCc1nccn1C. The summed E-state index contributed by atoms with van der Waals surface area (Å²) in [7, 11) is 0.929. The second-order valence-electron chi connectivity index (χ2n) is 4.25. The first-order valence-corrected chi connectivity index (χ1v) is 7.54. The molecule has 0 atom stereocenters. The number of esters is 1. The highest BCUT2D eigenvalue weighted by Gasteiger charge is 2.18. The summed E-state index contributed by atoms with van der Waals surface area (Å²) in [5.41, 5.74) is 0. The van der Waals surface area contributed by atoms with Crippen molar-refractivity contribution in [3.05, 3.63) is 18.2 Å². The van der Waals surface area contributed by atoms with Crippen molar-refractivity contribution in [3.8, 4) is 0 Å². The summed E-state index contributed by atoms with van der Waals surface area (Å²) in [6.07, 6.45) is 3.97. The lowest BCUT2D eigenvalue weighted by Gasteiger charge is -2.16. The third-order valence-electron chi connectivity index (χ3n) is 2.82. The predicted octanol–water partition coefficient (Wildman–Crippen LogP) is -0.708. The van der Waals surface area contributed by atoms with E-state index in [0.717, 1.165) is 10.1 Å². The molecule has 0 bridgehead atoms. The molecule has 114 valence electrons. The van der Waals surface area contributed by atoms with Crippen LogP contribution in [0.1, 0.15) is 12.2 Å². The largest absolute Gasteiger partial charge is 0.469 e. The van der Waals surface area contributed by atoms with Crippen LogP contribution < -0.4 is 4.72 Å². The molecule has 0 aliphatic heterocycles. The first-order valence-electron chi connectivity index (χ1n) is 6.10. The van der Waals surface area contributed by atoms with Gasteiger partial charge in [-0.25, -0.2) is 9.71 Å². The van der Waals surface area contributed by atoms with Gasteiger partial charge in [0.15, 0.2) is 0 Å². The van der Waals surface area contributed by atoms with E-state index in [-0.39, 0.29) is 19.5 Å². The molecular formula is C11H20N4O4S. The zero-order valence-corrected chi connectivity index (χ0v) is 12.7. The predicted molar refractivity (Wildman–Crippen MR) is 73.1 cm³/mol. The molecule has 0 amide bonds. The fourth-order valence-electron chi connectivity index (χ4n) is 1.51. The highest BCUT2D eigenvalue weighted by atomic mass is 32.2. The second-order valence-corrected chi connectivity index (χ2v) is 6.11. The number of nitrogens with one attached hydrogen (secondary N) is 1. The topological polar surface area (TPSA) is 93.5 Å². The second kappa shape index (κ2) is 7.36. The summed E-state index contributed by atoms with van der Waals surface area (Å²) in [6, 6.07) is 0. The summed E-state index contributed by atoms with van der Waals surface area (Å²) >= 11 is 0. The minimum Gasteiger partial charge on any atom is -0.469 e. The number of carbonyl (C=O) groups is 1.